The van der Waals surface area contributed by atoms with Crippen LogP contribution in [0.15, 0.2) is 35.2 Å². The lowest BCUT2D eigenvalue weighted by atomic mass is 10.0. The highest BCUT2D eigenvalue weighted by molar-refractivity contribution is 7.86. The van der Waals surface area contributed by atoms with Crippen LogP contribution in [0.2, 0.25) is 0 Å². The quantitative estimate of drug-likeness (QED) is 0.595. The molecule has 5 rings (SSSR count). The molecule has 0 radical (unpaired) electrons. The lowest BCUT2D eigenvalue weighted by Gasteiger charge is -2.34. The summed E-state index contributed by atoms with van der Waals surface area (Å²) in [5.74, 6) is -0.308. The molecule has 2 aromatic carbocycles. The van der Waals surface area contributed by atoms with E-state index in [2.05, 4.69) is 21.4 Å². The van der Waals surface area contributed by atoms with Crippen molar-refractivity contribution in [2.45, 2.75) is 30.6 Å². The standard InChI is InChI=1S/C25H30FN3O4S/c1-2-28-9-11-29(12-10-28)8-7-16-13-18(26)3-6-22(16)34(32)27-21-5-4-19-20-14-17(20)15-33-24(19)23(21)25(30)31/h3-6,13,17,20,27H,2,7-12,14-15H2,1H3,(H,30,31). The van der Waals surface area contributed by atoms with Crippen molar-refractivity contribution in [1.29, 1.82) is 0 Å². The number of likely N-dealkylation sites (N-methyl/N-ethyl adjacent to an activating group) is 1. The minimum absolute atomic E-state index is 0.00802. The van der Waals surface area contributed by atoms with Gasteiger partial charge in [0.05, 0.1) is 17.2 Å². The summed E-state index contributed by atoms with van der Waals surface area (Å²) in [6.45, 7) is 8.40. The minimum atomic E-state index is -1.76. The SMILES string of the molecule is CCN1CCN(CCc2cc(F)ccc2S(=O)Nc2ccc3c(c2C(=O)O)OCC2CC32)CC1. The van der Waals surface area contributed by atoms with E-state index >= 15 is 0 Å². The van der Waals surface area contributed by atoms with E-state index in [1.54, 1.807) is 6.07 Å². The van der Waals surface area contributed by atoms with E-state index in [9.17, 15) is 18.5 Å². The first kappa shape index (κ1) is 23.3. The zero-order valence-electron chi connectivity index (χ0n) is 19.3. The molecule has 2 aliphatic heterocycles. The second-order valence-electron chi connectivity index (χ2n) is 9.27. The van der Waals surface area contributed by atoms with Crippen molar-refractivity contribution in [1.82, 2.24) is 9.80 Å². The molecule has 0 amide bonds. The van der Waals surface area contributed by atoms with Crippen molar-refractivity contribution >= 4 is 22.6 Å². The molecule has 182 valence electrons. The van der Waals surface area contributed by atoms with E-state index in [4.69, 9.17) is 4.74 Å². The number of ether oxygens (including phenoxy) is 1. The lowest BCUT2D eigenvalue weighted by Crippen LogP contribution is -2.46. The van der Waals surface area contributed by atoms with E-state index in [0.29, 0.717) is 41.1 Å². The molecule has 9 heteroatoms. The number of aromatic carboxylic acids is 1. The van der Waals surface area contributed by atoms with Crippen LogP contribution in [0.1, 0.15) is 40.7 Å². The Balaban J connectivity index is 1.34. The molecule has 7 nitrogen and oxygen atoms in total. The summed E-state index contributed by atoms with van der Waals surface area (Å²) in [7, 11) is -1.76. The van der Waals surface area contributed by atoms with Gasteiger partial charge in [0.1, 0.15) is 17.1 Å². The second-order valence-corrected chi connectivity index (χ2v) is 10.5. The summed E-state index contributed by atoms with van der Waals surface area (Å²) < 4.78 is 36.0. The maximum absolute atomic E-state index is 14.1. The average molecular weight is 488 g/mol. The molecular formula is C25H30FN3O4S. The van der Waals surface area contributed by atoms with Crippen LogP contribution in [0.25, 0.3) is 0 Å². The molecule has 3 aliphatic rings. The fourth-order valence-corrected chi connectivity index (χ4v) is 6.10. The van der Waals surface area contributed by atoms with Crippen LogP contribution in [-0.4, -0.2) is 71.0 Å². The molecule has 0 spiro atoms. The van der Waals surface area contributed by atoms with Crippen LogP contribution >= 0.6 is 0 Å². The number of anilines is 1. The fraction of sp³-hybridized carbons (Fsp3) is 0.480. The Morgan fingerprint density at radius 1 is 1.21 bits per heavy atom. The number of hydrogen-bond acceptors (Lipinski definition) is 5. The number of hydrogen-bond donors (Lipinski definition) is 2. The molecular weight excluding hydrogens is 457 g/mol. The number of rotatable bonds is 8. The van der Waals surface area contributed by atoms with E-state index in [1.165, 1.54) is 18.2 Å². The van der Waals surface area contributed by atoms with E-state index < -0.39 is 17.0 Å². The van der Waals surface area contributed by atoms with Gasteiger partial charge in [0.25, 0.3) is 0 Å². The zero-order valence-corrected chi connectivity index (χ0v) is 20.1. The van der Waals surface area contributed by atoms with Gasteiger partial charge in [-0.05, 0) is 60.7 Å². The Kier molecular flexibility index (Phi) is 6.59. The summed E-state index contributed by atoms with van der Waals surface area (Å²) in [6.07, 6.45) is 1.58. The number of nitrogens with zero attached hydrogens (tertiary/aromatic N) is 2. The van der Waals surface area contributed by atoms with Crippen molar-refractivity contribution < 1.29 is 23.2 Å². The molecule has 0 bridgehead atoms. The summed E-state index contributed by atoms with van der Waals surface area (Å²) in [4.78, 5) is 17.3. The van der Waals surface area contributed by atoms with Gasteiger partial charge in [-0.15, -0.1) is 0 Å². The Labute approximate surface area is 201 Å². The van der Waals surface area contributed by atoms with Crippen molar-refractivity contribution in [2.75, 3.05) is 50.6 Å². The van der Waals surface area contributed by atoms with Gasteiger partial charge in [0, 0.05) is 38.6 Å². The smallest absolute Gasteiger partial charge is 0.341 e. The zero-order chi connectivity index (χ0) is 23.8. The largest absolute Gasteiger partial charge is 0.492 e. The van der Waals surface area contributed by atoms with Crippen molar-refractivity contribution in [3.05, 3.63) is 52.8 Å². The highest BCUT2D eigenvalue weighted by atomic mass is 32.2. The van der Waals surface area contributed by atoms with Crippen molar-refractivity contribution in [3.8, 4) is 5.75 Å². The van der Waals surface area contributed by atoms with Gasteiger partial charge in [0.15, 0.2) is 11.0 Å². The van der Waals surface area contributed by atoms with Gasteiger partial charge in [-0.2, -0.15) is 0 Å². The first-order valence-electron chi connectivity index (χ1n) is 11.9. The van der Waals surface area contributed by atoms with Crippen LogP contribution in [0, 0.1) is 11.7 Å². The summed E-state index contributed by atoms with van der Waals surface area (Å²) >= 11 is 0. The van der Waals surface area contributed by atoms with E-state index in [0.717, 1.165) is 51.3 Å². The molecule has 0 aromatic heterocycles. The maximum Gasteiger partial charge on any atom is 0.341 e. The van der Waals surface area contributed by atoms with Crippen LogP contribution in [0.3, 0.4) is 0 Å². The number of halogens is 1. The number of carbonyl (C=O) groups is 1. The Bertz CT molecular complexity index is 1120. The molecule has 1 saturated heterocycles. The minimum Gasteiger partial charge on any atom is -0.492 e. The van der Waals surface area contributed by atoms with Crippen LogP contribution < -0.4 is 9.46 Å². The normalized spacial score (nSPS) is 22.9. The number of carboxylic acid groups (broad SMARTS) is 1. The molecule has 2 N–H and O–H groups in total. The third kappa shape index (κ3) is 4.69. The molecule has 34 heavy (non-hydrogen) atoms. The topological polar surface area (TPSA) is 82.1 Å². The van der Waals surface area contributed by atoms with Crippen molar-refractivity contribution in [3.63, 3.8) is 0 Å². The summed E-state index contributed by atoms with van der Waals surface area (Å²) in [5.41, 5.74) is 1.83. The van der Waals surface area contributed by atoms with Crippen molar-refractivity contribution in [2.24, 2.45) is 5.92 Å². The van der Waals surface area contributed by atoms with Gasteiger partial charge < -0.3 is 24.4 Å². The Morgan fingerprint density at radius 3 is 2.71 bits per heavy atom. The molecule has 1 saturated carbocycles. The highest BCUT2D eigenvalue weighted by Crippen LogP contribution is 2.55. The summed E-state index contributed by atoms with van der Waals surface area (Å²) in [5, 5.41) is 9.88. The monoisotopic (exact) mass is 487 g/mol. The van der Waals surface area contributed by atoms with E-state index in [-0.39, 0.29) is 17.1 Å². The number of benzene rings is 2. The number of carboxylic acids is 1. The average Bonchev–Trinajstić information content (AvgIpc) is 3.63. The van der Waals surface area contributed by atoms with Crippen LogP contribution in [0.5, 0.6) is 5.75 Å². The third-order valence-electron chi connectivity index (χ3n) is 7.20. The van der Waals surface area contributed by atoms with Gasteiger partial charge in [-0.3, -0.25) is 0 Å². The van der Waals surface area contributed by atoms with E-state index in [1.807, 2.05) is 6.07 Å². The molecule has 2 heterocycles. The number of piperazine rings is 1. The maximum atomic E-state index is 14.1. The van der Waals surface area contributed by atoms with Gasteiger partial charge in [-0.1, -0.05) is 13.0 Å². The highest BCUT2D eigenvalue weighted by Gasteiger charge is 2.45. The Morgan fingerprint density at radius 2 is 1.97 bits per heavy atom. The molecule has 3 atom stereocenters. The summed E-state index contributed by atoms with van der Waals surface area (Å²) in [6, 6.07) is 7.78. The van der Waals surface area contributed by atoms with Gasteiger partial charge in [-0.25, -0.2) is 13.4 Å². The van der Waals surface area contributed by atoms with Crippen LogP contribution in [-0.2, 0) is 17.4 Å². The molecule has 3 unspecified atom stereocenters. The number of fused-ring (bicyclic) bond motifs is 3. The lowest BCUT2D eigenvalue weighted by molar-refractivity contribution is 0.0692. The first-order valence-corrected chi connectivity index (χ1v) is 13.0. The predicted octanol–water partition coefficient (Wildman–Crippen LogP) is 3.33. The van der Waals surface area contributed by atoms with Gasteiger partial charge >= 0.3 is 5.97 Å². The predicted molar refractivity (Wildman–Crippen MR) is 128 cm³/mol. The van der Waals surface area contributed by atoms with Crippen LogP contribution in [0.4, 0.5) is 10.1 Å². The molecule has 2 aromatic rings. The Hall–Kier alpha value is -2.49. The molecule has 1 aliphatic carbocycles. The first-order chi connectivity index (χ1) is 16.4. The van der Waals surface area contributed by atoms with Gasteiger partial charge in [0.2, 0.25) is 0 Å². The third-order valence-corrected chi connectivity index (χ3v) is 8.40. The number of nitrogens with one attached hydrogen (secondary N) is 1. The second kappa shape index (κ2) is 9.64. The fourth-order valence-electron chi connectivity index (χ4n) is 5.03. The molecule has 2 fully saturated rings.